The highest BCUT2D eigenvalue weighted by molar-refractivity contribution is 6.30. The van der Waals surface area contributed by atoms with Gasteiger partial charge in [-0.05, 0) is 41.8 Å². The van der Waals surface area contributed by atoms with Crippen molar-refractivity contribution >= 4 is 23.4 Å². The lowest BCUT2D eigenvalue weighted by Crippen LogP contribution is -2.44. The summed E-state index contributed by atoms with van der Waals surface area (Å²) in [6, 6.07) is 12.9. The number of hydrogen-bond donors (Lipinski definition) is 3. The lowest BCUT2D eigenvalue weighted by Gasteiger charge is -2.21. The zero-order valence-electron chi connectivity index (χ0n) is 13.4. The van der Waals surface area contributed by atoms with Gasteiger partial charge in [0.2, 0.25) is 5.91 Å². The zero-order chi connectivity index (χ0) is 17.7. The van der Waals surface area contributed by atoms with E-state index in [-0.39, 0.29) is 23.1 Å². The molecule has 3 N–H and O–H groups in total. The van der Waals surface area contributed by atoms with Gasteiger partial charge in [-0.3, -0.25) is 20.4 Å². The van der Waals surface area contributed by atoms with Gasteiger partial charge in [-0.25, -0.2) is 0 Å². The molecule has 0 radical (unpaired) electrons. The highest BCUT2D eigenvalue weighted by Gasteiger charge is 2.24. The molecule has 0 aromatic heterocycles. The van der Waals surface area contributed by atoms with Gasteiger partial charge in [0.15, 0.2) is 0 Å². The van der Waals surface area contributed by atoms with Crippen LogP contribution in [0.4, 0.5) is 0 Å². The van der Waals surface area contributed by atoms with Crippen LogP contribution < -0.4 is 10.9 Å². The number of halogens is 1. The van der Waals surface area contributed by atoms with Crippen LogP contribution in [0.5, 0.6) is 5.75 Å². The molecule has 0 aliphatic carbocycles. The minimum Gasteiger partial charge on any atom is -0.508 e. The van der Waals surface area contributed by atoms with Crippen LogP contribution in [0.1, 0.15) is 35.7 Å². The highest BCUT2D eigenvalue weighted by Crippen LogP contribution is 2.25. The van der Waals surface area contributed by atoms with Gasteiger partial charge in [0.1, 0.15) is 5.75 Å². The summed E-state index contributed by atoms with van der Waals surface area (Å²) in [4.78, 5) is 24.5. The summed E-state index contributed by atoms with van der Waals surface area (Å²) >= 11 is 5.88. The molecule has 0 fully saturated rings. The van der Waals surface area contributed by atoms with Crippen molar-refractivity contribution in [1.29, 1.82) is 0 Å². The van der Waals surface area contributed by atoms with E-state index in [4.69, 9.17) is 11.6 Å². The Balaban J connectivity index is 2.06. The van der Waals surface area contributed by atoms with Crippen molar-refractivity contribution in [3.8, 4) is 5.75 Å². The number of benzene rings is 2. The van der Waals surface area contributed by atoms with Gasteiger partial charge in [-0.1, -0.05) is 43.6 Å². The standard InChI is InChI=1S/C18H19ClN2O3/c1-11(2)16(12-6-8-14(19)9-7-12)18(24)21-20-17(23)13-4-3-5-15(22)10-13/h3-11,16,22H,1-2H3,(H,20,23)(H,21,24)/t16-/m1/s1. The molecular weight excluding hydrogens is 328 g/mol. The molecule has 2 rings (SSSR count). The van der Waals surface area contributed by atoms with Gasteiger partial charge in [-0.15, -0.1) is 0 Å². The predicted molar refractivity (Wildman–Crippen MR) is 92.7 cm³/mol. The van der Waals surface area contributed by atoms with Crippen molar-refractivity contribution in [3.63, 3.8) is 0 Å². The van der Waals surface area contributed by atoms with Crippen molar-refractivity contribution in [2.24, 2.45) is 5.92 Å². The second kappa shape index (κ2) is 7.84. The third-order valence-electron chi connectivity index (χ3n) is 3.59. The predicted octanol–water partition coefficient (Wildman–Crippen LogP) is 3.25. The maximum absolute atomic E-state index is 12.5. The summed E-state index contributed by atoms with van der Waals surface area (Å²) in [7, 11) is 0. The van der Waals surface area contributed by atoms with E-state index in [0.717, 1.165) is 5.56 Å². The first-order valence-electron chi connectivity index (χ1n) is 7.53. The Morgan fingerprint density at radius 3 is 2.29 bits per heavy atom. The first-order valence-corrected chi connectivity index (χ1v) is 7.91. The second-order valence-electron chi connectivity index (χ2n) is 5.77. The van der Waals surface area contributed by atoms with Crippen molar-refractivity contribution < 1.29 is 14.7 Å². The molecule has 6 heteroatoms. The molecular formula is C18H19ClN2O3. The van der Waals surface area contributed by atoms with Gasteiger partial charge >= 0.3 is 0 Å². The fourth-order valence-electron chi connectivity index (χ4n) is 2.42. The van der Waals surface area contributed by atoms with Crippen LogP contribution in [0.2, 0.25) is 5.02 Å². The van der Waals surface area contributed by atoms with Crippen molar-refractivity contribution in [2.45, 2.75) is 19.8 Å². The van der Waals surface area contributed by atoms with Crippen LogP contribution in [-0.2, 0) is 4.79 Å². The Hall–Kier alpha value is -2.53. The van der Waals surface area contributed by atoms with E-state index < -0.39 is 11.8 Å². The summed E-state index contributed by atoms with van der Waals surface area (Å²) in [5.41, 5.74) is 5.88. The average Bonchev–Trinajstić information content (AvgIpc) is 2.54. The number of nitrogens with one attached hydrogen (secondary N) is 2. The topological polar surface area (TPSA) is 78.4 Å². The van der Waals surface area contributed by atoms with Crippen molar-refractivity contribution in [2.75, 3.05) is 0 Å². The van der Waals surface area contributed by atoms with Gasteiger partial charge < -0.3 is 5.11 Å². The Kier molecular flexibility index (Phi) is 5.82. The molecule has 0 spiro atoms. The number of amides is 2. The number of hydrazine groups is 1. The number of carbonyl (C=O) groups excluding carboxylic acids is 2. The number of hydrogen-bond acceptors (Lipinski definition) is 3. The fourth-order valence-corrected chi connectivity index (χ4v) is 2.55. The van der Waals surface area contributed by atoms with E-state index in [9.17, 15) is 14.7 Å². The molecule has 0 heterocycles. The quantitative estimate of drug-likeness (QED) is 0.743. The Bertz CT molecular complexity index is 729. The monoisotopic (exact) mass is 346 g/mol. The zero-order valence-corrected chi connectivity index (χ0v) is 14.2. The first-order chi connectivity index (χ1) is 11.4. The molecule has 1 atom stereocenters. The minimum absolute atomic E-state index is 0.0183. The molecule has 0 unspecified atom stereocenters. The smallest absolute Gasteiger partial charge is 0.269 e. The molecule has 2 amide bonds. The number of phenols is 1. The van der Waals surface area contributed by atoms with E-state index in [1.54, 1.807) is 36.4 Å². The molecule has 0 aliphatic heterocycles. The maximum Gasteiger partial charge on any atom is 0.269 e. The van der Waals surface area contributed by atoms with Crippen molar-refractivity contribution in [1.82, 2.24) is 10.9 Å². The number of phenolic OH excluding ortho intramolecular Hbond substituents is 1. The summed E-state index contributed by atoms with van der Waals surface area (Å²) in [6.07, 6.45) is 0. The summed E-state index contributed by atoms with van der Waals surface area (Å²) in [5, 5.41) is 9.99. The van der Waals surface area contributed by atoms with E-state index in [1.165, 1.54) is 12.1 Å². The Morgan fingerprint density at radius 1 is 1.04 bits per heavy atom. The minimum atomic E-state index is -0.502. The van der Waals surface area contributed by atoms with Crippen LogP contribution in [0.3, 0.4) is 0 Å². The first kappa shape index (κ1) is 17.8. The van der Waals surface area contributed by atoms with Gasteiger partial charge in [0.05, 0.1) is 5.92 Å². The molecule has 0 aliphatic rings. The Labute approximate surface area is 145 Å². The summed E-state index contributed by atoms with van der Waals surface area (Å²) in [6.45, 7) is 3.85. The molecule has 0 bridgehead atoms. The van der Waals surface area contributed by atoms with Crippen LogP contribution in [0, 0.1) is 5.92 Å². The third kappa shape index (κ3) is 4.49. The van der Waals surface area contributed by atoms with Gasteiger partial charge in [-0.2, -0.15) is 0 Å². The van der Waals surface area contributed by atoms with E-state index in [0.29, 0.717) is 5.02 Å². The summed E-state index contributed by atoms with van der Waals surface area (Å²) < 4.78 is 0. The van der Waals surface area contributed by atoms with Crippen molar-refractivity contribution in [3.05, 3.63) is 64.7 Å². The van der Waals surface area contributed by atoms with E-state index >= 15 is 0 Å². The summed E-state index contributed by atoms with van der Waals surface area (Å²) in [5.74, 6) is -1.23. The second-order valence-corrected chi connectivity index (χ2v) is 6.20. The van der Waals surface area contributed by atoms with Crippen LogP contribution in [0.15, 0.2) is 48.5 Å². The molecule has 126 valence electrons. The lowest BCUT2D eigenvalue weighted by molar-refractivity contribution is -0.124. The third-order valence-corrected chi connectivity index (χ3v) is 3.84. The average molecular weight is 347 g/mol. The molecule has 0 saturated carbocycles. The van der Waals surface area contributed by atoms with Gasteiger partial charge in [0, 0.05) is 10.6 Å². The maximum atomic E-state index is 12.5. The van der Waals surface area contributed by atoms with E-state index in [1.807, 2.05) is 13.8 Å². The Morgan fingerprint density at radius 2 is 1.71 bits per heavy atom. The fraction of sp³-hybridized carbons (Fsp3) is 0.222. The number of aromatic hydroxyl groups is 1. The van der Waals surface area contributed by atoms with Crippen LogP contribution in [0.25, 0.3) is 0 Å². The molecule has 2 aromatic carbocycles. The van der Waals surface area contributed by atoms with Crippen LogP contribution >= 0.6 is 11.6 Å². The molecule has 2 aromatic rings. The number of carbonyl (C=O) groups is 2. The highest BCUT2D eigenvalue weighted by atomic mass is 35.5. The molecule has 0 saturated heterocycles. The van der Waals surface area contributed by atoms with Crippen LogP contribution in [-0.4, -0.2) is 16.9 Å². The lowest BCUT2D eigenvalue weighted by atomic mass is 9.88. The SMILES string of the molecule is CC(C)[C@@H](C(=O)NNC(=O)c1cccc(O)c1)c1ccc(Cl)cc1. The normalized spacial score (nSPS) is 11.8. The largest absolute Gasteiger partial charge is 0.508 e. The molecule has 24 heavy (non-hydrogen) atoms. The number of rotatable bonds is 4. The molecule has 5 nitrogen and oxygen atoms in total. The van der Waals surface area contributed by atoms with E-state index in [2.05, 4.69) is 10.9 Å². The van der Waals surface area contributed by atoms with Gasteiger partial charge in [0.25, 0.3) is 5.91 Å².